The maximum absolute atomic E-state index is 13.9. The molecule has 2 aromatic rings. The van der Waals surface area contributed by atoms with Crippen molar-refractivity contribution in [2.75, 3.05) is 26.8 Å². The van der Waals surface area contributed by atoms with Gasteiger partial charge in [0.05, 0.1) is 43.5 Å². The minimum absolute atomic E-state index is 0.0925. The number of nitrogens with one attached hydrogen (secondary N) is 4. The molecule has 0 spiro atoms. The molecule has 4 aliphatic heterocycles. The highest BCUT2D eigenvalue weighted by Crippen LogP contribution is 2.51. The number of hydrogen-bond donors (Lipinski definition) is 5. The van der Waals surface area contributed by atoms with E-state index in [4.69, 9.17) is 19.4 Å². The second-order valence-corrected chi connectivity index (χ2v) is 19.0. The summed E-state index contributed by atoms with van der Waals surface area (Å²) in [5.41, 5.74) is 1.66. The Morgan fingerprint density at radius 1 is 0.898 bits per heavy atom. The van der Waals surface area contributed by atoms with Crippen molar-refractivity contribution in [1.29, 1.82) is 0 Å². The zero-order valence-corrected chi connectivity index (χ0v) is 35.4. The van der Waals surface area contributed by atoms with E-state index in [1.165, 1.54) is 7.11 Å². The second-order valence-electron chi connectivity index (χ2n) is 19.0. The van der Waals surface area contributed by atoms with E-state index in [2.05, 4.69) is 37.8 Å². The summed E-state index contributed by atoms with van der Waals surface area (Å²) in [6.07, 6.45) is 16.4. The number of hydrogen-bond acceptors (Lipinski definition) is 10. The molecule has 6 heterocycles. The molecule has 59 heavy (non-hydrogen) atoms. The van der Waals surface area contributed by atoms with E-state index in [9.17, 15) is 24.3 Å². The van der Waals surface area contributed by atoms with Crippen molar-refractivity contribution in [3.05, 3.63) is 47.7 Å². The average Bonchev–Trinajstić information content (AvgIpc) is 4.07. The highest BCUT2D eigenvalue weighted by Gasteiger charge is 2.54. The lowest BCUT2D eigenvalue weighted by molar-refractivity contribution is -0.168. The maximum atomic E-state index is 13.9. The molecule has 0 aromatic carbocycles. The van der Waals surface area contributed by atoms with Crippen molar-refractivity contribution in [1.82, 2.24) is 45.3 Å². The molecule has 5 fully saturated rings. The number of methoxy groups -OCH3 is 1. The Morgan fingerprint density at radius 3 is 2.20 bits per heavy atom. The van der Waals surface area contributed by atoms with Gasteiger partial charge >= 0.3 is 6.09 Å². The molecular weight excluding hydrogens is 755 g/mol. The Kier molecular flexibility index (Phi) is 11.6. The van der Waals surface area contributed by atoms with Gasteiger partial charge in [0, 0.05) is 54.6 Å². The van der Waals surface area contributed by atoms with Gasteiger partial charge in [0.15, 0.2) is 0 Å². The van der Waals surface area contributed by atoms with E-state index < -0.39 is 36.1 Å². The fourth-order valence-electron chi connectivity index (χ4n) is 11.0. The number of carbonyl (C=O) groups is 4. The number of carbonyl (C=O) groups excluding carboxylic acids is 4. The molecule has 16 nitrogen and oxygen atoms in total. The summed E-state index contributed by atoms with van der Waals surface area (Å²) in [6, 6.07) is -1.24. The lowest BCUT2D eigenvalue weighted by Crippen LogP contribution is -2.62. The van der Waals surface area contributed by atoms with Crippen LogP contribution in [0.2, 0.25) is 0 Å². The van der Waals surface area contributed by atoms with Crippen LogP contribution in [0.5, 0.6) is 0 Å². The van der Waals surface area contributed by atoms with Crippen LogP contribution in [0.1, 0.15) is 139 Å². The minimum Gasteiger partial charge on any atom is -0.453 e. The maximum Gasteiger partial charge on any atom is 0.407 e. The summed E-state index contributed by atoms with van der Waals surface area (Å²) in [7, 11) is 1.31. The van der Waals surface area contributed by atoms with Gasteiger partial charge < -0.3 is 49.9 Å². The zero-order chi connectivity index (χ0) is 41.7. The smallest absolute Gasteiger partial charge is 0.407 e. The molecule has 3 saturated heterocycles. The molecule has 2 aromatic heterocycles. The van der Waals surface area contributed by atoms with Gasteiger partial charge in [0.25, 0.3) is 0 Å². The molecule has 6 aliphatic rings. The van der Waals surface area contributed by atoms with E-state index in [0.29, 0.717) is 19.1 Å². The van der Waals surface area contributed by atoms with E-state index in [0.717, 1.165) is 80.8 Å². The van der Waals surface area contributed by atoms with Crippen LogP contribution in [0.3, 0.4) is 0 Å². The highest BCUT2D eigenvalue weighted by atomic mass is 16.5. The van der Waals surface area contributed by atoms with Crippen LogP contribution in [0.15, 0.2) is 24.7 Å². The molecule has 5 N–H and O–H groups in total. The summed E-state index contributed by atoms with van der Waals surface area (Å²) >= 11 is 0. The third-order valence-corrected chi connectivity index (χ3v) is 14.0. The lowest BCUT2D eigenvalue weighted by Gasteiger charge is -2.54. The van der Waals surface area contributed by atoms with Gasteiger partial charge in [0.1, 0.15) is 30.3 Å². The standard InChI is InChI=1S/C43H63N9O7/c1-23(2)35(49-42(57)58-6)40(55)51-16-7-9-30(51)38-44-20-27(46-38)24-11-13-29-33(19-24)59-32-14-12-25(26-15-18-50(29)36(26)32)28-21-45-39(47-28)31-10-8-17-52(31)41(56)37(43(3,4)5)48-34(54)22-53/h15,18,20-21,23-26,29-33,35-37,53H,7-14,16-17,19,22H2,1-6H3,(H,44,46)(H,45,47)(H,48,54)(H,49,57)/t24?,25?,26?,29?,30-,31-,32?,33?,35-,36?,37+/m0/s1. The molecule has 0 radical (unpaired) electrons. The fraction of sp³-hybridized carbons (Fsp3) is 0.721. The van der Waals surface area contributed by atoms with Gasteiger partial charge in [-0.05, 0) is 75.3 Å². The normalized spacial score (nSPS) is 31.2. The largest absolute Gasteiger partial charge is 0.453 e. The molecule has 322 valence electrons. The van der Waals surface area contributed by atoms with Crippen LogP contribution in [0.4, 0.5) is 4.79 Å². The highest BCUT2D eigenvalue weighted by molar-refractivity contribution is 5.89. The Bertz CT molecular complexity index is 1900. The Labute approximate surface area is 346 Å². The first-order chi connectivity index (χ1) is 28.3. The number of H-pyrrole nitrogens is 2. The van der Waals surface area contributed by atoms with Crippen molar-refractivity contribution in [2.45, 2.75) is 153 Å². The molecule has 2 saturated carbocycles. The SMILES string of the molecule is COC(=O)N[C@H](C(=O)N1CCC[C@H]1c1ncc(C2CCC3C(C2)OC2CCC(c4cnc([C@@H]5CCCN5C(=O)[C@@H](NC(=O)CO)C(C)(C)C)[nH]4)C4C=CN3C24)[nH]1)C(C)C. The molecule has 0 bridgehead atoms. The van der Waals surface area contributed by atoms with Gasteiger partial charge in [-0.2, -0.15) is 0 Å². The third-order valence-electron chi connectivity index (χ3n) is 14.0. The molecule has 2 aliphatic carbocycles. The third kappa shape index (κ3) is 7.86. The molecular formula is C43H63N9O7. The molecule has 11 atom stereocenters. The number of alkyl carbamates (subject to hydrolysis) is 1. The number of likely N-dealkylation sites (tertiary alicyclic amines) is 2. The van der Waals surface area contributed by atoms with Gasteiger partial charge in [0.2, 0.25) is 17.7 Å². The van der Waals surface area contributed by atoms with Crippen molar-refractivity contribution in [3.8, 4) is 0 Å². The Hall–Kier alpha value is -4.44. The van der Waals surface area contributed by atoms with Crippen molar-refractivity contribution in [3.63, 3.8) is 0 Å². The number of aromatic nitrogens is 4. The number of imidazole rings is 2. The van der Waals surface area contributed by atoms with E-state index in [1.54, 1.807) is 0 Å². The summed E-state index contributed by atoms with van der Waals surface area (Å²) in [6.45, 7) is 10.2. The zero-order valence-electron chi connectivity index (χ0n) is 35.4. The Morgan fingerprint density at radius 2 is 1.56 bits per heavy atom. The first kappa shape index (κ1) is 41.3. The number of rotatable bonds is 10. The average molecular weight is 818 g/mol. The van der Waals surface area contributed by atoms with Crippen LogP contribution in [-0.4, -0.2) is 127 Å². The fourth-order valence-corrected chi connectivity index (χ4v) is 11.0. The number of morpholine rings is 1. The minimum atomic E-state index is -0.758. The second kappa shape index (κ2) is 16.5. The van der Waals surface area contributed by atoms with E-state index in [-0.39, 0.29) is 65.8 Å². The van der Waals surface area contributed by atoms with Crippen LogP contribution >= 0.6 is 0 Å². The number of aliphatic hydroxyl groups excluding tert-OH is 1. The van der Waals surface area contributed by atoms with Crippen molar-refractivity contribution in [2.24, 2.45) is 17.3 Å². The summed E-state index contributed by atoms with van der Waals surface area (Å²) < 4.78 is 11.8. The molecule has 16 heteroatoms. The number of nitrogens with zero attached hydrogens (tertiary/aromatic N) is 5. The van der Waals surface area contributed by atoms with Crippen molar-refractivity contribution >= 4 is 23.8 Å². The summed E-state index contributed by atoms with van der Waals surface area (Å²) in [4.78, 5) is 75.1. The first-order valence-corrected chi connectivity index (χ1v) is 21.8. The quantitative estimate of drug-likeness (QED) is 0.232. The number of fused-ring (bicyclic) bond motifs is 2. The predicted octanol–water partition coefficient (Wildman–Crippen LogP) is 4.16. The van der Waals surface area contributed by atoms with Gasteiger partial charge in [-0.15, -0.1) is 0 Å². The molecule has 7 unspecified atom stereocenters. The van der Waals surface area contributed by atoms with Crippen LogP contribution in [-0.2, 0) is 23.9 Å². The van der Waals surface area contributed by atoms with E-state index in [1.807, 2.05) is 56.8 Å². The van der Waals surface area contributed by atoms with Crippen LogP contribution in [0, 0.1) is 17.3 Å². The first-order valence-electron chi connectivity index (χ1n) is 21.8. The van der Waals surface area contributed by atoms with E-state index >= 15 is 0 Å². The number of aliphatic hydroxyl groups is 1. The monoisotopic (exact) mass is 817 g/mol. The molecule has 8 rings (SSSR count). The van der Waals surface area contributed by atoms with Gasteiger partial charge in [-0.1, -0.05) is 40.7 Å². The topological polar surface area (TPSA) is 198 Å². The summed E-state index contributed by atoms with van der Waals surface area (Å²) in [5.74, 6) is 1.49. The van der Waals surface area contributed by atoms with Gasteiger partial charge in [-0.3, -0.25) is 14.4 Å². The van der Waals surface area contributed by atoms with Crippen LogP contribution in [0.25, 0.3) is 0 Å². The number of ether oxygens (including phenoxy) is 2. The number of amides is 4. The predicted molar refractivity (Wildman–Crippen MR) is 216 cm³/mol. The summed E-state index contributed by atoms with van der Waals surface area (Å²) in [5, 5.41) is 14.9. The van der Waals surface area contributed by atoms with Crippen LogP contribution < -0.4 is 10.6 Å². The number of aromatic amines is 2. The molecule has 4 amide bonds. The van der Waals surface area contributed by atoms with Gasteiger partial charge in [-0.25, -0.2) is 14.8 Å². The Balaban J connectivity index is 0.907. The lowest BCUT2D eigenvalue weighted by atomic mass is 9.71. The van der Waals surface area contributed by atoms with Crippen molar-refractivity contribution < 1.29 is 33.8 Å².